The van der Waals surface area contributed by atoms with Gasteiger partial charge in [-0.3, -0.25) is 0 Å². The van der Waals surface area contributed by atoms with Crippen LogP contribution in [0.2, 0.25) is 0 Å². The molecule has 16 heavy (non-hydrogen) atoms. The van der Waals surface area contributed by atoms with Crippen molar-refractivity contribution in [3.05, 3.63) is 29.2 Å². The highest BCUT2D eigenvalue weighted by Crippen LogP contribution is 2.26. The second-order valence-corrected chi connectivity index (χ2v) is 3.80. The Morgan fingerprint density at radius 1 is 1.50 bits per heavy atom. The zero-order chi connectivity index (χ0) is 11.5. The molecule has 0 aromatic carbocycles. The minimum absolute atomic E-state index is 0.0655. The summed E-state index contributed by atoms with van der Waals surface area (Å²) in [4.78, 5) is 4.11. The van der Waals surface area contributed by atoms with Crippen molar-refractivity contribution in [1.29, 1.82) is 0 Å². The van der Waals surface area contributed by atoms with E-state index in [1.54, 1.807) is 0 Å². The molecule has 2 heterocycles. The maximum atomic E-state index is 13.6. The zero-order valence-electron chi connectivity index (χ0n) is 9.51. The summed E-state index contributed by atoms with van der Waals surface area (Å²) in [5, 5.41) is 3.23. The highest BCUT2D eigenvalue weighted by atomic mass is 19.1. The number of rotatable bonds is 2. The summed E-state index contributed by atoms with van der Waals surface area (Å²) >= 11 is 0. The van der Waals surface area contributed by atoms with Gasteiger partial charge >= 0.3 is 0 Å². The van der Waals surface area contributed by atoms with E-state index in [1.165, 1.54) is 13.2 Å². The second kappa shape index (κ2) is 4.61. The van der Waals surface area contributed by atoms with Crippen LogP contribution in [-0.2, 0) is 0 Å². The Labute approximate surface area is 94.3 Å². The van der Waals surface area contributed by atoms with Gasteiger partial charge in [-0.15, -0.1) is 0 Å². The number of methoxy groups -OCH3 is 1. The molecule has 0 aliphatic carbocycles. The quantitative estimate of drug-likeness (QED) is 0.830. The van der Waals surface area contributed by atoms with Crippen molar-refractivity contribution in [3.63, 3.8) is 0 Å². The lowest BCUT2D eigenvalue weighted by atomic mass is 9.99. The number of ether oxygens (including phenoxy) is 1. The highest BCUT2D eigenvalue weighted by molar-refractivity contribution is 5.68. The number of pyridine rings is 1. The summed E-state index contributed by atoms with van der Waals surface area (Å²) in [6.07, 6.45) is 2.99. The van der Waals surface area contributed by atoms with Gasteiger partial charge in [0.2, 0.25) is 5.88 Å². The van der Waals surface area contributed by atoms with Crippen molar-refractivity contribution in [1.82, 2.24) is 10.3 Å². The van der Waals surface area contributed by atoms with E-state index >= 15 is 0 Å². The third-order valence-corrected chi connectivity index (χ3v) is 2.74. The lowest BCUT2D eigenvalue weighted by molar-refractivity contribution is 0.368. The molecule has 0 saturated heterocycles. The Hall–Kier alpha value is -1.42. The number of aryl methyl sites for hydroxylation is 1. The first kappa shape index (κ1) is 11.1. The van der Waals surface area contributed by atoms with E-state index in [2.05, 4.69) is 16.4 Å². The molecular formula is C12H15FN2O. The molecule has 0 radical (unpaired) electrons. The van der Waals surface area contributed by atoms with Crippen molar-refractivity contribution in [2.24, 2.45) is 0 Å². The molecule has 0 spiro atoms. The fourth-order valence-corrected chi connectivity index (χ4v) is 1.89. The predicted octanol–water partition coefficient (Wildman–Crippen LogP) is 1.91. The van der Waals surface area contributed by atoms with Gasteiger partial charge < -0.3 is 10.1 Å². The number of nitrogens with one attached hydrogen (secondary N) is 1. The van der Waals surface area contributed by atoms with E-state index in [0.717, 1.165) is 36.3 Å². The first-order chi connectivity index (χ1) is 7.72. The van der Waals surface area contributed by atoms with Crippen molar-refractivity contribution in [2.75, 3.05) is 20.2 Å². The first-order valence-electron chi connectivity index (χ1n) is 5.33. The minimum atomic E-state index is -0.400. The molecule has 0 unspecified atom stereocenters. The third kappa shape index (κ3) is 2.07. The topological polar surface area (TPSA) is 34.1 Å². The summed E-state index contributed by atoms with van der Waals surface area (Å²) in [5.41, 5.74) is 2.86. The summed E-state index contributed by atoms with van der Waals surface area (Å²) in [6.45, 7) is 3.64. The van der Waals surface area contributed by atoms with E-state index in [0.29, 0.717) is 0 Å². The largest absolute Gasteiger partial charge is 0.479 e. The monoisotopic (exact) mass is 222 g/mol. The van der Waals surface area contributed by atoms with Gasteiger partial charge in [0, 0.05) is 17.8 Å². The van der Waals surface area contributed by atoms with Crippen LogP contribution in [0, 0.1) is 12.7 Å². The molecule has 0 amide bonds. The Balaban J connectivity index is 2.41. The van der Waals surface area contributed by atoms with Crippen LogP contribution in [0.25, 0.3) is 5.57 Å². The molecule has 4 heteroatoms. The van der Waals surface area contributed by atoms with Gasteiger partial charge in [-0.25, -0.2) is 9.37 Å². The molecule has 0 fully saturated rings. The minimum Gasteiger partial charge on any atom is -0.479 e. The number of halogens is 1. The number of nitrogens with zero attached hydrogens (tertiary/aromatic N) is 1. The fourth-order valence-electron chi connectivity index (χ4n) is 1.89. The number of aromatic nitrogens is 1. The van der Waals surface area contributed by atoms with Crippen LogP contribution in [0.4, 0.5) is 4.39 Å². The third-order valence-electron chi connectivity index (χ3n) is 2.74. The normalized spacial score (nSPS) is 15.8. The Morgan fingerprint density at radius 3 is 2.94 bits per heavy atom. The van der Waals surface area contributed by atoms with Crippen LogP contribution in [0.15, 0.2) is 12.1 Å². The maximum Gasteiger partial charge on any atom is 0.250 e. The summed E-state index contributed by atoms with van der Waals surface area (Å²) in [7, 11) is 1.42. The van der Waals surface area contributed by atoms with Gasteiger partial charge in [0.1, 0.15) is 0 Å². The standard InChI is InChI=1S/C12H15FN2O/c1-8-10(9-3-5-14-6-4-9)7-11(13)12(15-8)16-2/h3,7,14H,4-6H2,1-2H3. The second-order valence-electron chi connectivity index (χ2n) is 3.80. The van der Waals surface area contributed by atoms with E-state index in [1.807, 2.05) is 6.92 Å². The van der Waals surface area contributed by atoms with Crippen molar-refractivity contribution in [3.8, 4) is 5.88 Å². The lowest BCUT2D eigenvalue weighted by Crippen LogP contribution is -2.20. The van der Waals surface area contributed by atoms with Crippen LogP contribution in [0.1, 0.15) is 17.7 Å². The van der Waals surface area contributed by atoms with Gasteiger partial charge in [-0.2, -0.15) is 0 Å². The molecule has 86 valence electrons. The SMILES string of the molecule is COc1nc(C)c(C2=CCNCC2)cc1F. The van der Waals surface area contributed by atoms with Gasteiger partial charge in [-0.05, 0) is 31.5 Å². The molecule has 1 aromatic rings. The molecule has 3 nitrogen and oxygen atoms in total. The first-order valence-corrected chi connectivity index (χ1v) is 5.33. The van der Waals surface area contributed by atoms with Gasteiger partial charge in [-0.1, -0.05) is 6.08 Å². The molecule has 1 N–H and O–H groups in total. The van der Waals surface area contributed by atoms with Crippen LogP contribution in [0.3, 0.4) is 0 Å². The van der Waals surface area contributed by atoms with E-state index in [-0.39, 0.29) is 5.88 Å². The van der Waals surface area contributed by atoms with Crippen molar-refractivity contribution in [2.45, 2.75) is 13.3 Å². The smallest absolute Gasteiger partial charge is 0.250 e. The highest BCUT2D eigenvalue weighted by Gasteiger charge is 2.13. The van der Waals surface area contributed by atoms with Crippen molar-refractivity contribution < 1.29 is 9.13 Å². The molecule has 0 bridgehead atoms. The Morgan fingerprint density at radius 2 is 2.31 bits per heavy atom. The van der Waals surface area contributed by atoms with Gasteiger partial charge in [0.15, 0.2) is 5.82 Å². The number of hydrogen-bond acceptors (Lipinski definition) is 3. The fraction of sp³-hybridized carbons (Fsp3) is 0.417. The van der Waals surface area contributed by atoms with Gasteiger partial charge in [0.25, 0.3) is 0 Å². The van der Waals surface area contributed by atoms with E-state index in [4.69, 9.17) is 4.74 Å². The summed E-state index contributed by atoms with van der Waals surface area (Å²) in [6, 6.07) is 1.51. The average molecular weight is 222 g/mol. The van der Waals surface area contributed by atoms with Gasteiger partial charge in [0.05, 0.1) is 7.11 Å². The van der Waals surface area contributed by atoms with Crippen LogP contribution >= 0.6 is 0 Å². The predicted molar refractivity (Wildman–Crippen MR) is 60.9 cm³/mol. The average Bonchev–Trinajstić information content (AvgIpc) is 2.32. The Kier molecular flexibility index (Phi) is 3.19. The molecule has 1 aromatic heterocycles. The molecule has 1 aliphatic heterocycles. The van der Waals surface area contributed by atoms with Crippen LogP contribution in [0.5, 0.6) is 5.88 Å². The van der Waals surface area contributed by atoms with E-state index < -0.39 is 5.82 Å². The van der Waals surface area contributed by atoms with Crippen LogP contribution < -0.4 is 10.1 Å². The molecule has 2 rings (SSSR count). The van der Waals surface area contributed by atoms with E-state index in [9.17, 15) is 4.39 Å². The molecule has 0 saturated carbocycles. The molecule has 0 atom stereocenters. The molecule has 1 aliphatic rings. The summed E-state index contributed by atoms with van der Waals surface area (Å²) in [5.74, 6) is -0.335. The van der Waals surface area contributed by atoms with Crippen molar-refractivity contribution >= 4 is 5.57 Å². The summed E-state index contributed by atoms with van der Waals surface area (Å²) < 4.78 is 18.4. The maximum absolute atomic E-state index is 13.6. The molecular weight excluding hydrogens is 207 g/mol. The zero-order valence-corrected chi connectivity index (χ0v) is 9.51. The van der Waals surface area contributed by atoms with Crippen LogP contribution in [-0.4, -0.2) is 25.2 Å². The lowest BCUT2D eigenvalue weighted by Gasteiger charge is -2.16. The number of hydrogen-bond donors (Lipinski definition) is 1. The Bertz CT molecular complexity index is 429.